The number of rotatable bonds is 3. The number of carbonyl (C=O) groups is 1. The molecule has 1 aromatic rings. The molecule has 0 aliphatic carbocycles. The number of hydrogen-bond donors (Lipinski definition) is 2. The monoisotopic (exact) mass is 293 g/mol. The Kier molecular flexibility index (Phi) is 4.79. The van der Waals surface area contributed by atoms with Crippen LogP contribution in [0.15, 0.2) is 24.3 Å². The number of ether oxygens (including phenoxy) is 1. The molecule has 1 unspecified atom stereocenters. The van der Waals surface area contributed by atoms with Crippen molar-refractivity contribution in [3.63, 3.8) is 0 Å². The summed E-state index contributed by atoms with van der Waals surface area (Å²) in [5.41, 5.74) is 6.42. The third-order valence-corrected chi connectivity index (χ3v) is 3.69. The van der Waals surface area contributed by atoms with E-state index < -0.39 is 0 Å². The van der Waals surface area contributed by atoms with E-state index in [-0.39, 0.29) is 12.1 Å². The fourth-order valence-corrected chi connectivity index (χ4v) is 2.61. The van der Waals surface area contributed by atoms with Crippen LogP contribution in [0.5, 0.6) is 5.75 Å². The lowest BCUT2D eigenvalue weighted by Crippen LogP contribution is -2.51. The highest BCUT2D eigenvalue weighted by molar-refractivity contribution is 7.80. The van der Waals surface area contributed by atoms with Crippen molar-refractivity contribution in [1.82, 2.24) is 4.90 Å². The molecule has 2 rings (SSSR count). The molecule has 1 fully saturated rings. The molecule has 20 heavy (non-hydrogen) atoms. The molecule has 2 amide bonds. The smallest absolute Gasteiger partial charge is 0.322 e. The molecule has 5 nitrogen and oxygen atoms in total. The number of nitrogens with one attached hydrogen (secondary N) is 1. The molecule has 1 atom stereocenters. The largest absolute Gasteiger partial charge is 0.497 e. The van der Waals surface area contributed by atoms with Gasteiger partial charge in [0, 0.05) is 18.3 Å². The number of urea groups is 1. The van der Waals surface area contributed by atoms with E-state index in [0.717, 1.165) is 19.3 Å². The molecule has 0 saturated carbocycles. The zero-order valence-electron chi connectivity index (χ0n) is 11.5. The SMILES string of the molecule is COc1cccc(NC(=O)N2CCCCC2C(N)=S)c1. The molecule has 0 radical (unpaired) electrons. The molecule has 0 bridgehead atoms. The van der Waals surface area contributed by atoms with Gasteiger partial charge in [-0.1, -0.05) is 18.3 Å². The van der Waals surface area contributed by atoms with Crippen molar-refractivity contribution in [2.75, 3.05) is 19.0 Å². The number of thiocarbonyl (C=S) groups is 1. The Balaban J connectivity index is 2.07. The lowest BCUT2D eigenvalue weighted by Gasteiger charge is -2.34. The van der Waals surface area contributed by atoms with Crippen molar-refractivity contribution in [3.05, 3.63) is 24.3 Å². The van der Waals surface area contributed by atoms with Crippen molar-refractivity contribution >= 4 is 28.9 Å². The minimum absolute atomic E-state index is 0.149. The molecular formula is C14H19N3O2S. The van der Waals surface area contributed by atoms with Gasteiger partial charge in [0.1, 0.15) is 5.75 Å². The Hall–Kier alpha value is -1.82. The second kappa shape index (κ2) is 6.56. The maximum absolute atomic E-state index is 12.3. The van der Waals surface area contributed by atoms with Gasteiger partial charge in [0.2, 0.25) is 0 Å². The predicted molar refractivity (Wildman–Crippen MR) is 83.1 cm³/mol. The number of amides is 2. The highest BCUT2D eigenvalue weighted by atomic mass is 32.1. The molecule has 108 valence electrons. The molecule has 3 N–H and O–H groups in total. The second-order valence-corrected chi connectivity index (χ2v) is 5.24. The number of carbonyl (C=O) groups excluding carboxylic acids is 1. The Bertz CT molecular complexity index is 507. The Morgan fingerprint density at radius 3 is 3.00 bits per heavy atom. The van der Waals surface area contributed by atoms with Crippen LogP contribution in [0, 0.1) is 0 Å². The molecule has 1 heterocycles. The van der Waals surface area contributed by atoms with E-state index >= 15 is 0 Å². The summed E-state index contributed by atoms with van der Waals surface area (Å²) in [5.74, 6) is 0.701. The van der Waals surface area contributed by atoms with Crippen molar-refractivity contribution in [2.45, 2.75) is 25.3 Å². The quantitative estimate of drug-likeness (QED) is 0.840. The number of hydrogen-bond acceptors (Lipinski definition) is 3. The fourth-order valence-electron chi connectivity index (χ4n) is 2.37. The molecule has 0 aromatic heterocycles. The van der Waals surface area contributed by atoms with E-state index in [2.05, 4.69) is 5.32 Å². The summed E-state index contributed by atoms with van der Waals surface area (Å²) in [6, 6.07) is 6.93. The van der Waals surface area contributed by atoms with Crippen LogP contribution in [0.1, 0.15) is 19.3 Å². The van der Waals surface area contributed by atoms with E-state index in [1.807, 2.05) is 18.2 Å². The molecule has 6 heteroatoms. The third kappa shape index (κ3) is 3.39. The van der Waals surface area contributed by atoms with Gasteiger partial charge in [0.25, 0.3) is 0 Å². The van der Waals surface area contributed by atoms with Crippen molar-refractivity contribution < 1.29 is 9.53 Å². The van der Waals surface area contributed by atoms with Gasteiger partial charge in [-0.15, -0.1) is 0 Å². The van der Waals surface area contributed by atoms with Crippen molar-refractivity contribution in [2.24, 2.45) is 5.73 Å². The highest BCUT2D eigenvalue weighted by Gasteiger charge is 2.28. The van der Waals surface area contributed by atoms with Gasteiger partial charge in [-0.3, -0.25) is 0 Å². The fraction of sp³-hybridized carbons (Fsp3) is 0.429. The first-order chi connectivity index (χ1) is 9.61. The lowest BCUT2D eigenvalue weighted by molar-refractivity contribution is 0.186. The van der Waals surface area contributed by atoms with Gasteiger partial charge < -0.3 is 20.7 Å². The van der Waals surface area contributed by atoms with Gasteiger partial charge in [-0.25, -0.2) is 4.79 Å². The second-order valence-electron chi connectivity index (χ2n) is 4.77. The van der Waals surface area contributed by atoms with Crippen LogP contribution in [-0.2, 0) is 0 Å². The van der Waals surface area contributed by atoms with Crippen molar-refractivity contribution in [3.8, 4) is 5.75 Å². The molecule has 1 aromatic carbocycles. The van der Waals surface area contributed by atoms with Gasteiger partial charge in [-0.2, -0.15) is 0 Å². The summed E-state index contributed by atoms with van der Waals surface area (Å²) in [4.78, 5) is 14.4. The first-order valence-corrected chi connectivity index (χ1v) is 7.03. The summed E-state index contributed by atoms with van der Waals surface area (Å²) in [6.07, 6.45) is 2.86. The van der Waals surface area contributed by atoms with Crippen molar-refractivity contribution in [1.29, 1.82) is 0 Å². The molecule has 1 aliphatic rings. The zero-order chi connectivity index (χ0) is 14.5. The van der Waals surface area contributed by atoms with E-state index in [9.17, 15) is 4.79 Å². The number of benzene rings is 1. The minimum Gasteiger partial charge on any atom is -0.497 e. The topological polar surface area (TPSA) is 67.6 Å². The van der Waals surface area contributed by atoms with E-state index in [1.54, 1.807) is 18.1 Å². The summed E-state index contributed by atoms with van der Waals surface area (Å²) in [6.45, 7) is 0.678. The summed E-state index contributed by atoms with van der Waals surface area (Å²) in [7, 11) is 1.59. The maximum atomic E-state index is 12.3. The normalized spacial score (nSPS) is 18.4. The van der Waals surface area contributed by atoms with Crippen LogP contribution >= 0.6 is 12.2 Å². The van der Waals surface area contributed by atoms with Gasteiger partial charge in [0.15, 0.2) is 0 Å². The maximum Gasteiger partial charge on any atom is 0.322 e. The Morgan fingerprint density at radius 1 is 1.50 bits per heavy atom. The van der Waals surface area contributed by atoms with E-state index in [0.29, 0.717) is 23.0 Å². The van der Waals surface area contributed by atoms with Crippen LogP contribution in [-0.4, -0.2) is 35.6 Å². The molecule has 0 spiro atoms. The summed E-state index contributed by atoms with van der Waals surface area (Å²) >= 11 is 5.05. The first-order valence-electron chi connectivity index (χ1n) is 6.63. The van der Waals surface area contributed by atoms with Crippen LogP contribution < -0.4 is 15.8 Å². The lowest BCUT2D eigenvalue weighted by atomic mass is 10.0. The Labute approximate surface area is 124 Å². The van der Waals surface area contributed by atoms with E-state index in [1.165, 1.54) is 0 Å². The standard InChI is InChI=1S/C14H19N3O2S/c1-19-11-6-4-5-10(9-11)16-14(18)17-8-3-2-7-12(17)13(15)20/h4-6,9,12H,2-3,7-8H2,1H3,(H2,15,20)(H,16,18). The number of nitrogens with two attached hydrogens (primary N) is 1. The van der Waals surface area contributed by atoms with Crippen LogP contribution in [0.2, 0.25) is 0 Å². The van der Waals surface area contributed by atoms with Gasteiger partial charge in [-0.05, 0) is 31.4 Å². The average molecular weight is 293 g/mol. The van der Waals surface area contributed by atoms with Gasteiger partial charge >= 0.3 is 6.03 Å². The highest BCUT2D eigenvalue weighted by Crippen LogP contribution is 2.21. The van der Waals surface area contributed by atoms with E-state index in [4.69, 9.17) is 22.7 Å². The molecule has 1 aliphatic heterocycles. The van der Waals surface area contributed by atoms with Gasteiger partial charge in [0.05, 0.1) is 18.1 Å². The number of piperidine rings is 1. The molecular weight excluding hydrogens is 274 g/mol. The van der Waals surface area contributed by atoms with Crippen LogP contribution in [0.3, 0.4) is 0 Å². The number of methoxy groups -OCH3 is 1. The number of anilines is 1. The summed E-state index contributed by atoms with van der Waals surface area (Å²) in [5, 5.41) is 2.86. The van der Waals surface area contributed by atoms with Crippen LogP contribution in [0.25, 0.3) is 0 Å². The van der Waals surface area contributed by atoms with Crippen LogP contribution in [0.4, 0.5) is 10.5 Å². The average Bonchev–Trinajstić information content (AvgIpc) is 2.47. The zero-order valence-corrected chi connectivity index (χ0v) is 12.3. The third-order valence-electron chi connectivity index (χ3n) is 3.41. The number of likely N-dealkylation sites (tertiary alicyclic amines) is 1. The predicted octanol–water partition coefficient (Wildman–Crippen LogP) is 2.37. The Morgan fingerprint density at radius 2 is 2.30 bits per heavy atom. The number of nitrogens with zero attached hydrogens (tertiary/aromatic N) is 1. The molecule has 1 saturated heterocycles. The minimum atomic E-state index is -0.171. The summed E-state index contributed by atoms with van der Waals surface area (Å²) < 4.78 is 5.14. The first kappa shape index (κ1) is 14.6.